The third-order valence-electron chi connectivity index (χ3n) is 2.66. The number of alkyl halides is 1. The van der Waals surface area contributed by atoms with Crippen LogP contribution < -0.4 is 0 Å². The van der Waals surface area contributed by atoms with Gasteiger partial charge in [-0.1, -0.05) is 35.0 Å². The number of aliphatic hydroxyl groups is 1. The molecule has 0 saturated heterocycles. The Labute approximate surface area is 109 Å². The Morgan fingerprint density at radius 3 is 2.29 bits per heavy atom. The normalized spacial score (nSPS) is 17.5. The summed E-state index contributed by atoms with van der Waals surface area (Å²) < 4.78 is 34.9. The molecule has 0 aliphatic carbocycles. The van der Waals surface area contributed by atoms with Crippen molar-refractivity contribution in [2.75, 3.05) is 5.75 Å². The molecule has 2 atom stereocenters. The molecule has 2 unspecified atom stereocenters. The maximum atomic E-state index is 12.7. The average molecular weight is 325 g/mol. The second kappa shape index (κ2) is 5.04. The van der Waals surface area contributed by atoms with Crippen LogP contribution >= 0.6 is 15.9 Å². The molecule has 0 fully saturated rings. The van der Waals surface area contributed by atoms with Crippen LogP contribution in [0.4, 0.5) is 4.39 Å². The van der Waals surface area contributed by atoms with Crippen LogP contribution in [0.3, 0.4) is 0 Å². The van der Waals surface area contributed by atoms with Gasteiger partial charge in [0.25, 0.3) is 0 Å². The van der Waals surface area contributed by atoms with Crippen LogP contribution in [0.2, 0.25) is 0 Å². The summed E-state index contributed by atoms with van der Waals surface area (Å²) in [4.78, 5) is 0. The molecule has 0 saturated carbocycles. The molecule has 0 aliphatic heterocycles. The van der Waals surface area contributed by atoms with Gasteiger partial charge < -0.3 is 5.11 Å². The Morgan fingerprint density at radius 2 is 1.88 bits per heavy atom. The van der Waals surface area contributed by atoms with Gasteiger partial charge >= 0.3 is 0 Å². The fourth-order valence-corrected chi connectivity index (χ4v) is 3.39. The molecule has 0 amide bonds. The minimum absolute atomic E-state index is 0.0903. The zero-order chi connectivity index (χ0) is 13.3. The van der Waals surface area contributed by atoms with E-state index in [9.17, 15) is 17.9 Å². The monoisotopic (exact) mass is 324 g/mol. The van der Waals surface area contributed by atoms with Gasteiger partial charge in [0.05, 0.1) is 0 Å². The third kappa shape index (κ3) is 2.86. The van der Waals surface area contributed by atoms with Crippen molar-refractivity contribution in [3.8, 4) is 0 Å². The van der Waals surface area contributed by atoms with Crippen LogP contribution in [0.25, 0.3) is 0 Å². The van der Waals surface area contributed by atoms with E-state index < -0.39 is 25.4 Å². The van der Waals surface area contributed by atoms with E-state index in [1.54, 1.807) is 0 Å². The Hall–Kier alpha value is -0.460. The third-order valence-corrected chi connectivity index (χ3v) is 6.78. The highest BCUT2D eigenvalue weighted by Crippen LogP contribution is 2.38. The molecule has 6 heteroatoms. The summed E-state index contributed by atoms with van der Waals surface area (Å²) in [6.45, 7) is 2.89. The van der Waals surface area contributed by atoms with Crippen LogP contribution in [-0.4, -0.2) is 22.9 Å². The molecular formula is C11H14BrFO3S. The van der Waals surface area contributed by atoms with Gasteiger partial charge in [-0.3, -0.25) is 0 Å². The number of aliphatic hydroxyl groups excluding tert-OH is 1. The molecule has 3 nitrogen and oxygen atoms in total. The second-order valence-electron chi connectivity index (χ2n) is 3.84. The summed E-state index contributed by atoms with van der Waals surface area (Å²) >= 11 is 3.05. The van der Waals surface area contributed by atoms with E-state index >= 15 is 0 Å². The minimum atomic E-state index is -3.48. The van der Waals surface area contributed by atoms with Gasteiger partial charge in [-0.05, 0) is 24.6 Å². The maximum absolute atomic E-state index is 12.7. The number of halogens is 2. The molecule has 1 N–H and O–H groups in total. The van der Waals surface area contributed by atoms with Crippen LogP contribution in [0.5, 0.6) is 0 Å². The smallest absolute Gasteiger partial charge is 0.168 e. The lowest BCUT2D eigenvalue weighted by molar-refractivity contribution is 0.167. The predicted octanol–water partition coefficient (Wildman–Crippen LogP) is 2.40. The molecule has 1 aromatic rings. The summed E-state index contributed by atoms with van der Waals surface area (Å²) in [5, 5.41) is 10.1. The SMILES string of the molecule is CCS(=O)(=O)C(C)(Br)C(O)c1ccc(F)cc1. The molecule has 96 valence electrons. The largest absolute Gasteiger partial charge is 0.386 e. The first-order valence-corrected chi connectivity index (χ1v) is 7.51. The van der Waals surface area contributed by atoms with Crippen molar-refractivity contribution in [3.05, 3.63) is 35.6 Å². The number of sulfone groups is 1. The first-order valence-electron chi connectivity index (χ1n) is 5.07. The van der Waals surface area contributed by atoms with Crippen molar-refractivity contribution >= 4 is 25.8 Å². The molecule has 0 radical (unpaired) electrons. The van der Waals surface area contributed by atoms with Gasteiger partial charge in [-0.15, -0.1) is 0 Å². The van der Waals surface area contributed by atoms with Crippen molar-refractivity contribution in [1.29, 1.82) is 0 Å². The highest BCUT2D eigenvalue weighted by molar-refractivity contribution is 9.11. The quantitative estimate of drug-likeness (QED) is 0.865. The van der Waals surface area contributed by atoms with E-state index in [-0.39, 0.29) is 5.75 Å². The van der Waals surface area contributed by atoms with E-state index in [4.69, 9.17) is 0 Å². The lowest BCUT2D eigenvalue weighted by Crippen LogP contribution is -2.36. The number of hydrogen-bond donors (Lipinski definition) is 1. The van der Waals surface area contributed by atoms with Crippen molar-refractivity contribution in [2.24, 2.45) is 0 Å². The Morgan fingerprint density at radius 1 is 1.41 bits per heavy atom. The summed E-state index contributed by atoms with van der Waals surface area (Å²) in [5.41, 5.74) is 0.350. The molecule has 0 spiro atoms. The van der Waals surface area contributed by atoms with Gasteiger partial charge in [-0.2, -0.15) is 0 Å². The Kier molecular flexibility index (Phi) is 4.33. The highest BCUT2D eigenvalue weighted by Gasteiger charge is 2.42. The summed E-state index contributed by atoms with van der Waals surface area (Å²) in [7, 11) is -3.48. The number of benzene rings is 1. The van der Waals surface area contributed by atoms with Crippen molar-refractivity contribution in [1.82, 2.24) is 0 Å². The summed E-state index contributed by atoms with van der Waals surface area (Å²) in [5.74, 6) is -0.525. The van der Waals surface area contributed by atoms with Crippen LogP contribution in [0.1, 0.15) is 25.5 Å². The van der Waals surface area contributed by atoms with E-state index in [0.29, 0.717) is 5.56 Å². The predicted molar refractivity (Wildman–Crippen MR) is 68.2 cm³/mol. The van der Waals surface area contributed by atoms with Gasteiger partial charge in [-0.25, -0.2) is 12.8 Å². The fourth-order valence-electron chi connectivity index (χ4n) is 1.40. The van der Waals surface area contributed by atoms with Crippen LogP contribution in [-0.2, 0) is 9.84 Å². The van der Waals surface area contributed by atoms with Crippen LogP contribution in [0, 0.1) is 5.82 Å². The van der Waals surface area contributed by atoms with E-state index in [1.807, 2.05) is 0 Å². The minimum Gasteiger partial charge on any atom is -0.386 e. The molecule has 1 rings (SSSR count). The van der Waals surface area contributed by atoms with Crippen LogP contribution in [0.15, 0.2) is 24.3 Å². The lowest BCUT2D eigenvalue weighted by Gasteiger charge is -2.28. The topological polar surface area (TPSA) is 54.4 Å². The summed E-state index contributed by atoms with van der Waals surface area (Å²) in [6, 6.07) is 5.09. The average Bonchev–Trinajstić information content (AvgIpc) is 2.28. The fraction of sp³-hybridized carbons (Fsp3) is 0.455. The number of rotatable bonds is 4. The zero-order valence-electron chi connectivity index (χ0n) is 9.52. The molecule has 0 aromatic heterocycles. The zero-order valence-corrected chi connectivity index (χ0v) is 11.9. The van der Waals surface area contributed by atoms with E-state index in [0.717, 1.165) is 0 Å². The summed E-state index contributed by atoms with van der Waals surface area (Å²) in [6.07, 6.45) is -1.26. The van der Waals surface area contributed by atoms with Gasteiger partial charge in [0.15, 0.2) is 13.5 Å². The molecular weight excluding hydrogens is 311 g/mol. The second-order valence-corrected chi connectivity index (χ2v) is 8.67. The van der Waals surface area contributed by atoms with Gasteiger partial charge in [0.1, 0.15) is 11.9 Å². The van der Waals surface area contributed by atoms with E-state index in [2.05, 4.69) is 15.9 Å². The standard InChI is InChI=1S/C11H14BrFO3S/c1-3-17(15,16)11(2,12)10(14)8-4-6-9(13)7-5-8/h4-7,10,14H,3H2,1-2H3. The first kappa shape index (κ1) is 14.6. The van der Waals surface area contributed by atoms with Crippen molar-refractivity contribution in [2.45, 2.75) is 23.6 Å². The molecule has 1 aromatic carbocycles. The Bertz CT molecular complexity index is 482. The molecule has 0 bridgehead atoms. The highest BCUT2D eigenvalue weighted by atomic mass is 79.9. The first-order chi connectivity index (χ1) is 7.72. The van der Waals surface area contributed by atoms with Gasteiger partial charge in [0.2, 0.25) is 0 Å². The lowest BCUT2D eigenvalue weighted by atomic mass is 10.1. The van der Waals surface area contributed by atoms with Crippen molar-refractivity contribution < 1.29 is 17.9 Å². The van der Waals surface area contributed by atoms with Gasteiger partial charge in [0, 0.05) is 5.75 Å². The maximum Gasteiger partial charge on any atom is 0.168 e. The number of hydrogen-bond acceptors (Lipinski definition) is 3. The van der Waals surface area contributed by atoms with E-state index in [1.165, 1.54) is 38.1 Å². The molecule has 17 heavy (non-hydrogen) atoms. The molecule has 0 aliphatic rings. The molecule has 0 heterocycles. The van der Waals surface area contributed by atoms with Crippen molar-refractivity contribution in [3.63, 3.8) is 0 Å². The Balaban J connectivity index is 3.12.